The van der Waals surface area contributed by atoms with Gasteiger partial charge in [0.15, 0.2) is 0 Å². The Morgan fingerprint density at radius 3 is 2.17 bits per heavy atom. The van der Waals surface area contributed by atoms with E-state index in [0.29, 0.717) is 11.3 Å². The summed E-state index contributed by atoms with van der Waals surface area (Å²) in [6.07, 6.45) is 0. The van der Waals surface area contributed by atoms with Crippen LogP contribution in [-0.4, -0.2) is 0 Å². The molecule has 0 bridgehead atoms. The van der Waals surface area contributed by atoms with Gasteiger partial charge < -0.3 is 5.32 Å². The molecule has 0 saturated carbocycles. The van der Waals surface area contributed by atoms with Gasteiger partial charge in [0.2, 0.25) is 0 Å². The highest BCUT2D eigenvalue weighted by Gasteiger charge is 2.02. The normalized spacial score (nSPS) is 9.28. The van der Waals surface area contributed by atoms with Crippen molar-refractivity contribution in [3.05, 3.63) is 59.4 Å². The van der Waals surface area contributed by atoms with Crippen LogP contribution in [0.25, 0.3) is 0 Å². The van der Waals surface area contributed by atoms with E-state index < -0.39 is 5.82 Å². The number of anilines is 2. The van der Waals surface area contributed by atoms with Gasteiger partial charge in [0.25, 0.3) is 0 Å². The summed E-state index contributed by atoms with van der Waals surface area (Å²) in [6, 6.07) is 14.9. The van der Waals surface area contributed by atoms with Crippen molar-refractivity contribution in [3.63, 3.8) is 0 Å². The summed E-state index contributed by atoms with van der Waals surface area (Å²) in [5.41, 5.74) is 1.95. The van der Waals surface area contributed by atoms with Crippen LogP contribution >= 0.6 is 0 Å². The van der Waals surface area contributed by atoms with Crippen molar-refractivity contribution in [2.75, 3.05) is 5.32 Å². The quantitative estimate of drug-likeness (QED) is 0.871. The molecule has 0 aliphatic heterocycles. The maximum Gasteiger partial charge on any atom is 0.141 e. The third-order valence-corrected chi connectivity index (χ3v) is 2.39. The van der Waals surface area contributed by atoms with Gasteiger partial charge >= 0.3 is 0 Å². The SMILES string of the molecule is N#Cc1ccc(Nc2ccc(F)c(C#N)c2)cc1. The van der Waals surface area contributed by atoms with Crippen LogP contribution in [0.15, 0.2) is 42.5 Å². The number of nitriles is 2. The van der Waals surface area contributed by atoms with Crippen molar-refractivity contribution in [1.82, 2.24) is 0 Å². The van der Waals surface area contributed by atoms with Crippen molar-refractivity contribution in [1.29, 1.82) is 10.5 Å². The van der Waals surface area contributed by atoms with E-state index in [-0.39, 0.29) is 5.56 Å². The number of nitrogens with one attached hydrogen (secondary N) is 1. The van der Waals surface area contributed by atoms with Crippen molar-refractivity contribution in [3.8, 4) is 12.1 Å². The number of rotatable bonds is 2. The van der Waals surface area contributed by atoms with Crippen LogP contribution in [0.5, 0.6) is 0 Å². The molecule has 0 aromatic heterocycles. The van der Waals surface area contributed by atoms with Crippen LogP contribution in [0.4, 0.5) is 15.8 Å². The molecule has 0 aliphatic carbocycles. The molecule has 0 aliphatic rings. The van der Waals surface area contributed by atoms with E-state index >= 15 is 0 Å². The van der Waals surface area contributed by atoms with Gasteiger partial charge in [-0.1, -0.05) is 0 Å². The zero-order valence-corrected chi connectivity index (χ0v) is 9.31. The molecular weight excluding hydrogens is 229 g/mol. The van der Waals surface area contributed by atoms with Crippen LogP contribution in [0, 0.1) is 28.5 Å². The van der Waals surface area contributed by atoms with E-state index in [0.717, 1.165) is 5.69 Å². The number of halogens is 1. The molecule has 0 radical (unpaired) electrons. The first-order valence-corrected chi connectivity index (χ1v) is 5.20. The molecule has 2 rings (SSSR count). The largest absolute Gasteiger partial charge is 0.355 e. The average molecular weight is 237 g/mol. The first kappa shape index (κ1) is 11.6. The molecule has 0 spiro atoms. The Balaban J connectivity index is 2.24. The Hall–Kier alpha value is -2.85. The third kappa shape index (κ3) is 2.45. The number of hydrogen-bond donors (Lipinski definition) is 1. The highest BCUT2D eigenvalue weighted by atomic mass is 19.1. The topological polar surface area (TPSA) is 59.6 Å². The Morgan fingerprint density at radius 1 is 0.889 bits per heavy atom. The van der Waals surface area contributed by atoms with Crippen LogP contribution in [0.3, 0.4) is 0 Å². The summed E-state index contributed by atoms with van der Waals surface area (Å²) >= 11 is 0. The van der Waals surface area contributed by atoms with Crippen molar-refractivity contribution >= 4 is 11.4 Å². The van der Waals surface area contributed by atoms with Gasteiger partial charge in [-0.3, -0.25) is 0 Å². The first-order chi connectivity index (χ1) is 8.72. The zero-order valence-electron chi connectivity index (χ0n) is 9.31. The molecule has 1 N–H and O–H groups in total. The Morgan fingerprint density at radius 2 is 1.56 bits per heavy atom. The molecule has 2 aromatic rings. The van der Waals surface area contributed by atoms with Crippen molar-refractivity contribution in [2.24, 2.45) is 0 Å². The van der Waals surface area contributed by atoms with Crippen molar-refractivity contribution < 1.29 is 4.39 Å². The van der Waals surface area contributed by atoms with Gasteiger partial charge in [0.05, 0.1) is 17.2 Å². The Labute approximate surface area is 104 Å². The molecule has 4 heteroatoms. The van der Waals surface area contributed by atoms with Crippen LogP contribution in [0.1, 0.15) is 11.1 Å². The molecule has 3 nitrogen and oxygen atoms in total. The second-order valence-electron chi connectivity index (χ2n) is 3.62. The molecule has 0 heterocycles. The summed E-state index contributed by atoms with van der Waals surface area (Å²) in [7, 11) is 0. The zero-order chi connectivity index (χ0) is 13.0. The first-order valence-electron chi connectivity index (χ1n) is 5.20. The van der Waals surface area contributed by atoms with Gasteiger partial charge in [-0.15, -0.1) is 0 Å². The Kier molecular flexibility index (Phi) is 3.22. The molecule has 0 unspecified atom stereocenters. The lowest BCUT2D eigenvalue weighted by Gasteiger charge is -2.06. The molecule has 0 atom stereocenters. The lowest BCUT2D eigenvalue weighted by Crippen LogP contribution is -1.92. The fraction of sp³-hybridized carbons (Fsp3) is 0. The molecule has 2 aromatic carbocycles. The molecule has 0 amide bonds. The second-order valence-corrected chi connectivity index (χ2v) is 3.62. The standard InChI is InChI=1S/C14H8FN3/c15-14-6-5-13(7-11(14)9-17)18-12-3-1-10(8-16)2-4-12/h1-7,18H. The minimum Gasteiger partial charge on any atom is -0.355 e. The molecule has 18 heavy (non-hydrogen) atoms. The molecule has 0 saturated heterocycles. The van der Waals surface area contributed by atoms with Crippen LogP contribution in [0.2, 0.25) is 0 Å². The Bertz CT molecular complexity index is 648. The summed E-state index contributed by atoms with van der Waals surface area (Å²) < 4.78 is 13.1. The predicted molar refractivity (Wildman–Crippen MR) is 65.6 cm³/mol. The van der Waals surface area contributed by atoms with Crippen molar-refractivity contribution in [2.45, 2.75) is 0 Å². The monoisotopic (exact) mass is 237 g/mol. The highest BCUT2D eigenvalue weighted by Crippen LogP contribution is 2.19. The fourth-order valence-corrected chi connectivity index (χ4v) is 1.48. The van der Waals surface area contributed by atoms with Gasteiger partial charge in [-0.25, -0.2) is 4.39 Å². The van der Waals surface area contributed by atoms with Crippen LogP contribution < -0.4 is 5.32 Å². The molecular formula is C14H8FN3. The van der Waals surface area contributed by atoms with Gasteiger partial charge in [-0.2, -0.15) is 10.5 Å². The second kappa shape index (κ2) is 4.99. The van der Waals surface area contributed by atoms with E-state index in [4.69, 9.17) is 10.5 Å². The van der Waals surface area contributed by atoms with Gasteiger partial charge in [0.1, 0.15) is 11.9 Å². The lowest BCUT2D eigenvalue weighted by atomic mass is 10.2. The minimum atomic E-state index is -0.539. The average Bonchev–Trinajstić information content (AvgIpc) is 2.42. The lowest BCUT2D eigenvalue weighted by molar-refractivity contribution is 0.624. The van der Waals surface area contributed by atoms with Crippen LogP contribution in [-0.2, 0) is 0 Å². The van der Waals surface area contributed by atoms with E-state index in [1.165, 1.54) is 12.1 Å². The third-order valence-electron chi connectivity index (χ3n) is 2.39. The minimum absolute atomic E-state index is 0.00588. The van der Waals surface area contributed by atoms with E-state index in [2.05, 4.69) is 5.32 Å². The van der Waals surface area contributed by atoms with Gasteiger partial charge in [-0.05, 0) is 42.5 Å². The summed E-state index contributed by atoms with van der Waals surface area (Å²) in [6.45, 7) is 0. The summed E-state index contributed by atoms with van der Waals surface area (Å²) in [4.78, 5) is 0. The number of benzene rings is 2. The highest BCUT2D eigenvalue weighted by molar-refractivity contribution is 5.62. The maximum absolute atomic E-state index is 13.1. The van der Waals surface area contributed by atoms with E-state index in [9.17, 15) is 4.39 Å². The summed E-state index contributed by atoms with van der Waals surface area (Å²) in [5.74, 6) is -0.539. The molecule has 86 valence electrons. The number of nitrogens with zero attached hydrogens (tertiary/aromatic N) is 2. The maximum atomic E-state index is 13.1. The smallest absolute Gasteiger partial charge is 0.141 e. The summed E-state index contributed by atoms with van der Waals surface area (Å²) in [5, 5.41) is 20.4. The predicted octanol–water partition coefficient (Wildman–Crippen LogP) is 3.31. The van der Waals surface area contributed by atoms with E-state index in [1.54, 1.807) is 36.4 Å². The molecule has 0 fully saturated rings. The van der Waals surface area contributed by atoms with E-state index in [1.807, 2.05) is 6.07 Å². The number of hydrogen-bond acceptors (Lipinski definition) is 3. The fourth-order valence-electron chi connectivity index (χ4n) is 1.48. The van der Waals surface area contributed by atoms with Gasteiger partial charge in [0, 0.05) is 11.4 Å².